The molecule has 0 aliphatic carbocycles. The standard InChI is InChI=1S/C17H25N3OS/c21-17(12-15-5-3-7-18-15)19-16-6-2-1-4-14(16)13-20-8-10-22-11-9-20/h1-2,4,6,15,18H,3,5,7-13H2,(H,19,21). The van der Waals surface area contributed by atoms with Crippen molar-refractivity contribution >= 4 is 23.4 Å². The SMILES string of the molecule is O=C(CC1CCCN1)Nc1ccccc1CN1CCSCC1. The predicted molar refractivity (Wildman–Crippen MR) is 93.3 cm³/mol. The normalized spacial score (nSPS) is 22.6. The van der Waals surface area contributed by atoms with Crippen molar-refractivity contribution in [2.45, 2.75) is 31.8 Å². The fourth-order valence-corrected chi connectivity index (χ4v) is 4.11. The molecule has 1 atom stereocenters. The van der Waals surface area contributed by atoms with E-state index in [-0.39, 0.29) is 5.91 Å². The van der Waals surface area contributed by atoms with E-state index in [0.29, 0.717) is 12.5 Å². The Morgan fingerprint density at radius 3 is 2.91 bits per heavy atom. The molecule has 0 saturated carbocycles. The van der Waals surface area contributed by atoms with Crippen molar-refractivity contribution in [1.82, 2.24) is 10.2 Å². The Hall–Kier alpha value is -1.04. The first-order chi connectivity index (χ1) is 10.8. The van der Waals surface area contributed by atoms with E-state index in [1.165, 1.54) is 23.5 Å². The molecule has 2 fully saturated rings. The average molecular weight is 319 g/mol. The highest BCUT2D eigenvalue weighted by atomic mass is 32.2. The molecule has 0 spiro atoms. The Morgan fingerprint density at radius 2 is 2.14 bits per heavy atom. The summed E-state index contributed by atoms with van der Waals surface area (Å²) in [5.41, 5.74) is 2.20. The number of benzene rings is 1. The van der Waals surface area contributed by atoms with Gasteiger partial charge in [0.05, 0.1) is 0 Å². The number of amides is 1. The van der Waals surface area contributed by atoms with Gasteiger partial charge >= 0.3 is 0 Å². The van der Waals surface area contributed by atoms with Crippen molar-refractivity contribution in [3.63, 3.8) is 0 Å². The van der Waals surface area contributed by atoms with Gasteiger partial charge in [0.1, 0.15) is 0 Å². The second-order valence-corrected chi connectivity index (χ2v) is 7.32. The zero-order valence-electron chi connectivity index (χ0n) is 13.0. The lowest BCUT2D eigenvalue weighted by Gasteiger charge is -2.27. The fourth-order valence-electron chi connectivity index (χ4n) is 3.14. The first-order valence-electron chi connectivity index (χ1n) is 8.22. The van der Waals surface area contributed by atoms with Crippen molar-refractivity contribution in [2.75, 3.05) is 36.5 Å². The van der Waals surface area contributed by atoms with Gasteiger partial charge in [-0.25, -0.2) is 0 Å². The van der Waals surface area contributed by atoms with Gasteiger partial charge in [-0.15, -0.1) is 0 Å². The fraction of sp³-hybridized carbons (Fsp3) is 0.588. The van der Waals surface area contributed by atoms with Crippen molar-refractivity contribution in [1.29, 1.82) is 0 Å². The third kappa shape index (κ3) is 4.48. The van der Waals surface area contributed by atoms with Crippen LogP contribution in [0.1, 0.15) is 24.8 Å². The van der Waals surface area contributed by atoms with Gasteiger partial charge in [-0.2, -0.15) is 11.8 Å². The molecule has 0 radical (unpaired) electrons. The number of carbonyl (C=O) groups is 1. The van der Waals surface area contributed by atoms with Crippen LogP contribution >= 0.6 is 11.8 Å². The highest BCUT2D eigenvalue weighted by Crippen LogP contribution is 2.20. The van der Waals surface area contributed by atoms with Crippen LogP contribution in [0.15, 0.2) is 24.3 Å². The zero-order chi connectivity index (χ0) is 15.2. The molecule has 120 valence electrons. The molecule has 1 amide bonds. The number of para-hydroxylation sites is 1. The van der Waals surface area contributed by atoms with Crippen molar-refractivity contribution in [3.8, 4) is 0 Å². The Kier molecular flexibility index (Phi) is 5.76. The number of nitrogens with zero attached hydrogens (tertiary/aromatic N) is 1. The molecule has 2 aliphatic heterocycles. The quantitative estimate of drug-likeness (QED) is 0.874. The summed E-state index contributed by atoms with van der Waals surface area (Å²) in [6.07, 6.45) is 2.87. The number of carbonyl (C=O) groups excluding carboxylic acids is 1. The summed E-state index contributed by atoms with van der Waals surface area (Å²) >= 11 is 2.02. The van der Waals surface area contributed by atoms with Crippen molar-refractivity contribution in [2.24, 2.45) is 0 Å². The molecule has 4 nitrogen and oxygen atoms in total. The van der Waals surface area contributed by atoms with Crippen LogP contribution in [-0.4, -0.2) is 48.0 Å². The maximum atomic E-state index is 12.2. The molecule has 2 heterocycles. The Balaban J connectivity index is 1.58. The minimum absolute atomic E-state index is 0.126. The summed E-state index contributed by atoms with van der Waals surface area (Å²) in [6, 6.07) is 8.56. The summed E-state index contributed by atoms with van der Waals surface area (Å²) in [5.74, 6) is 2.55. The minimum Gasteiger partial charge on any atom is -0.326 e. The van der Waals surface area contributed by atoms with Crippen molar-refractivity contribution in [3.05, 3.63) is 29.8 Å². The number of hydrogen-bond acceptors (Lipinski definition) is 4. The number of hydrogen-bond donors (Lipinski definition) is 2. The van der Waals surface area contributed by atoms with Crippen LogP contribution in [0.3, 0.4) is 0 Å². The van der Waals surface area contributed by atoms with E-state index in [0.717, 1.165) is 38.3 Å². The maximum absolute atomic E-state index is 12.2. The summed E-state index contributed by atoms with van der Waals surface area (Å²) < 4.78 is 0. The molecule has 5 heteroatoms. The predicted octanol–water partition coefficient (Wildman–Crippen LogP) is 2.32. The van der Waals surface area contributed by atoms with Gasteiger partial charge in [0, 0.05) is 49.3 Å². The second kappa shape index (κ2) is 7.99. The van der Waals surface area contributed by atoms with E-state index in [1.54, 1.807) is 0 Å². The molecule has 2 aliphatic rings. The lowest BCUT2D eigenvalue weighted by Crippen LogP contribution is -2.32. The summed E-state index contributed by atoms with van der Waals surface area (Å²) in [7, 11) is 0. The number of rotatable bonds is 5. The highest BCUT2D eigenvalue weighted by molar-refractivity contribution is 7.99. The van der Waals surface area contributed by atoms with E-state index in [1.807, 2.05) is 23.9 Å². The largest absolute Gasteiger partial charge is 0.326 e. The molecule has 0 bridgehead atoms. The van der Waals surface area contributed by atoms with Crippen LogP contribution in [0.25, 0.3) is 0 Å². The number of nitrogens with one attached hydrogen (secondary N) is 2. The van der Waals surface area contributed by atoms with Gasteiger partial charge in [-0.1, -0.05) is 18.2 Å². The molecule has 1 aromatic carbocycles. The monoisotopic (exact) mass is 319 g/mol. The van der Waals surface area contributed by atoms with Gasteiger partial charge < -0.3 is 10.6 Å². The van der Waals surface area contributed by atoms with Crippen molar-refractivity contribution < 1.29 is 4.79 Å². The Labute approximate surface area is 137 Å². The second-order valence-electron chi connectivity index (χ2n) is 6.09. The van der Waals surface area contributed by atoms with Gasteiger partial charge in [0.15, 0.2) is 0 Å². The summed E-state index contributed by atoms with van der Waals surface area (Å²) in [4.78, 5) is 14.7. The summed E-state index contributed by atoms with van der Waals surface area (Å²) in [6.45, 7) is 4.25. The number of thioether (sulfide) groups is 1. The lowest BCUT2D eigenvalue weighted by atomic mass is 10.1. The van der Waals surface area contributed by atoms with E-state index in [9.17, 15) is 4.79 Å². The topological polar surface area (TPSA) is 44.4 Å². The van der Waals surface area contributed by atoms with Crippen LogP contribution in [0.5, 0.6) is 0 Å². The first kappa shape index (κ1) is 15.8. The molecular formula is C17H25N3OS. The zero-order valence-corrected chi connectivity index (χ0v) is 13.8. The van der Waals surface area contributed by atoms with Gasteiger partial charge in [0.2, 0.25) is 5.91 Å². The number of anilines is 1. The van der Waals surface area contributed by atoms with Gasteiger partial charge in [-0.3, -0.25) is 9.69 Å². The maximum Gasteiger partial charge on any atom is 0.225 e. The van der Waals surface area contributed by atoms with Crippen LogP contribution < -0.4 is 10.6 Å². The molecule has 0 aromatic heterocycles. The lowest BCUT2D eigenvalue weighted by molar-refractivity contribution is -0.116. The molecule has 1 aromatic rings. The van der Waals surface area contributed by atoms with Gasteiger partial charge in [0.25, 0.3) is 0 Å². The van der Waals surface area contributed by atoms with Gasteiger partial charge in [-0.05, 0) is 31.0 Å². The van der Waals surface area contributed by atoms with Crippen LogP contribution in [0.4, 0.5) is 5.69 Å². The van der Waals surface area contributed by atoms with E-state index < -0.39 is 0 Å². The molecule has 3 rings (SSSR count). The molecule has 1 unspecified atom stereocenters. The van der Waals surface area contributed by atoms with Crippen LogP contribution in [-0.2, 0) is 11.3 Å². The average Bonchev–Trinajstić information content (AvgIpc) is 3.03. The van der Waals surface area contributed by atoms with Crippen LogP contribution in [0, 0.1) is 0 Å². The molecular weight excluding hydrogens is 294 g/mol. The smallest absolute Gasteiger partial charge is 0.225 e. The highest BCUT2D eigenvalue weighted by Gasteiger charge is 2.19. The van der Waals surface area contributed by atoms with E-state index in [2.05, 4.69) is 27.7 Å². The minimum atomic E-state index is 0.126. The van der Waals surface area contributed by atoms with Crippen LogP contribution in [0.2, 0.25) is 0 Å². The molecule has 2 N–H and O–H groups in total. The third-order valence-electron chi connectivity index (χ3n) is 4.38. The molecule has 22 heavy (non-hydrogen) atoms. The first-order valence-corrected chi connectivity index (χ1v) is 9.38. The third-order valence-corrected chi connectivity index (χ3v) is 5.33. The Bertz CT molecular complexity index is 496. The summed E-state index contributed by atoms with van der Waals surface area (Å²) in [5, 5.41) is 6.50. The van der Waals surface area contributed by atoms with E-state index >= 15 is 0 Å². The Morgan fingerprint density at radius 1 is 1.32 bits per heavy atom. The molecule has 2 saturated heterocycles. The van der Waals surface area contributed by atoms with E-state index in [4.69, 9.17) is 0 Å².